The third kappa shape index (κ3) is 11.4. The van der Waals surface area contributed by atoms with Crippen LogP contribution in [0.5, 0.6) is 0 Å². The molecule has 1 aromatic heterocycles. The van der Waals surface area contributed by atoms with Crippen molar-refractivity contribution >= 4 is 6.08 Å². The Kier molecular flexibility index (Phi) is 12.0. The monoisotopic (exact) mass is 289 g/mol. The number of allylic oxidation sites excluding steroid dienone is 1. The Morgan fingerprint density at radius 1 is 0.810 bits per heavy atom. The summed E-state index contributed by atoms with van der Waals surface area (Å²) in [6.07, 6.45) is 24.8. The third-order valence-electron chi connectivity index (χ3n) is 4.14. The lowest BCUT2D eigenvalue weighted by Crippen LogP contribution is -1.82. The number of hydrogen-bond donors (Lipinski definition) is 1. The summed E-state index contributed by atoms with van der Waals surface area (Å²) < 4.78 is 0. The van der Waals surface area contributed by atoms with Crippen molar-refractivity contribution in [2.24, 2.45) is 0 Å². The van der Waals surface area contributed by atoms with Crippen LogP contribution in [0, 0.1) is 0 Å². The van der Waals surface area contributed by atoms with Crippen molar-refractivity contribution in [1.29, 1.82) is 0 Å². The van der Waals surface area contributed by atoms with Crippen molar-refractivity contribution in [3.05, 3.63) is 30.1 Å². The zero-order valence-corrected chi connectivity index (χ0v) is 14.1. The molecule has 0 radical (unpaired) electrons. The molecular formula is C20H35N. The SMILES string of the molecule is CCCCCCCCCCCCCC/C=C/c1ccc[nH]1. The molecule has 120 valence electrons. The van der Waals surface area contributed by atoms with Crippen LogP contribution in [0.4, 0.5) is 0 Å². The summed E-state index contributed by atoms with van der Waals surface area (Å²) in [5, 5.41) is 0. The van der Waals surface area contributed by atoms with Gasteiger partial charge in [-0.2, -0.15) is 0 Å². The first kappa shape index (κ1) is 18.1. The number of H-pyrrole nitrogens is 1. The van der Waals surface area contributed by atoms with Crippen LogP contribution in [0.1, 0.15) is 96.1 Å². The second-order valence-electron chi connectivity index (χ2n) is 6.21. The van der Waals surface area contributed by atoms with Crippen LogP contribution < -0.4 is 0 Å². The standard InChI is InChI=1S/C20H35N/c1-2-3-4-5-6-7-8-9-10-11-12-13-14-15-17-20-18-16-19-21-20/h15-19,21H,2-14H2,1H3/b17-15+. The van der Waals surface area contributed by atoms with Crippen LogP contribution in [0.3, 0.4) is 0 Å². The predicted molar refractivity (Wildman–Crippen MR) is 95.5 cm³/mol. The quantitative estimate of drug-likeness (QED) is 0.351. The summed E-state index contributed by atoms with van der Waals surface area (Å²) in [5.41, 5.74) is 1.22. The lowest BCUT2D eigenvalue weighted by Gasteiger charge is -2.02. The van der Waals surface area contributed by atoms with Crippen molar-refractivity contribution < 1.29 is 0 Å². The Morgan fingerprint density at radius 3 is 1.90 bits per heavy atom. The van der Waals surface area contributed by atoms with E-state index in [0.717, 1.165) is 0 Å². The fourth-order valence-corrected chi connectivity index (χ4v) is 2.76. The van der Waals surface area contributed by atoms with Gasteiger partial charge in [0.1, 0.15) is 0 Å². The number of aromatic nitrogens is 1. The molecule has 1 N–H and O–H groups in total. The van der Waals surface area contributed by atoms with Crippen LogP contribution in [0.25, 0.3) is 6.08 Å². The van der Waals surface area contributed by atoms with Gasteiger partial charge in [-0.15, -0.1) is 0 Å². The number of aromatic amines is 1. The third-order valence-corrected chi connectivity index (χ3v) is 4.14. The van der Waals surface area contributed by atoms with Crippen molar-refractivity contribution in [3.63, 3.8) is 0 Å². The van der Waals surface area contributed by atoms with Crippen molar-refractivity contribution in [2.75, 3.05) is 0 Å². The number of rotatable bonds is 14. The first-order valence-corrected chi connectivity index (χ1v) is 9.23. The summed E-state index contributed by atoms with van der Waals surface area (Å²) in [6, 6.07) is 4.15. The molecule has 21 heavy (non-hydrogen) atoms. The summed E-state index contributed by atoms with van der Waals surface area (Å²) in [4.78, 5) is 3.20. The molecule has 0 amide bonds. The van der Waals surface area contributed by atoms with Gasteiger partial charge in [0.15, 0.2) is 0 Å². The van der Waals surface area contributed by atoms with Gasteiger partial charge in [0.05, 0.1) is 0 Å². The van der Waals surface area contributed by atoms with E-state index in [0.29, 0.717) is 0 Å². The van der Waals surface area contributed by atoms with Gasteiger partial charge < -0.3 is 4.98 Å². The highest BCUT2D eigenvalue weighted by Crippen LogP contribution is 2.12. The lowest BCUT2D eigenvalue weighted by atomic mass is 10.0. The molecule has 0 aromatic carbocycles. The smallest absolute Gasteiger partial charge is 0.0377 e. The summed E-state index contributed by atoms with van der Waals surface area (Å²) in [7, 11) is 0. The molecule has 1 heteroatoms. The largest absolute Gasteiger partial charge is 0.362 e. The van der Waals surface area contributed by atoms with Crippen molar-refractivity contribution in [3.8, 4) is 0 Å². The first-order valence-electron chi connectivity index (χ1n) is 9.23. The molecule has 0 aliphatic carbocycles. The predicted octanol–water partition coefficient (Wildman–Crippen LogP) is 7.12. The Morgan fingerprint density at radius 2 is 1.38 bits per heavy atom. The molecule has 0 fully saturated rings. The minimum Gasteiger partial charge on any atom is -0.362 e. The molecule has 0 unspecified atom stereocenters. The maximum absolute atomic E-state index is 3.20. The Hall–Kier alpha value is -0.980. The van der Waals surface area contributed by atoms with E-state index in [2.05, 4.69) is 30.1 Å². The number of hydrogen-bond acceptors (Lipinski definition) is 0. The number of unbranched alkanes of at least 4 members (excludes halogenated alkanes) is 12. The second-order valence-corrected chi connectivity index (χ2v) is 6.21. The molecule has 0 saturated carbocycles. The molecule has 1 heterocycles. The molecular weight excluding hydrogens is 254 g/mol. The average Bonchev–Trinajstić information content (AvgIpc) is 3.01. The molecule has 0 spiro atoms. The maximum Gasteiger partial charge on any atom is 0.0377 e. The first-order chi connectivity index (χ1) is 10.4. The molecule has 1 aromatic rings. The van der Waals surface area contributed by atoms with Gasteiger partial charge in [-0.3, -0.25) is 0 Å². The lowest BCUT2D eigenvalue weighted by molar-refractivity contribution is 0.545. The van der Waals surface area contributed by atoms with Crippen LogP contribution in [0.2, 0.25) is 0 Å². The highest BCUT2D eigenvalue weighted by molar-refractivity contribution is 5.43. The van der Waals surface area contributed by atoms with Gasteiger partial charge in [-0.05, 0) is 31.1 Å². The molecule has 1 nitrogen and oxygen atoms in total. The van der Waals surface area contributed by atoms with Crippen LogP contribution in [0.15, 0.2) is 24.4 Å². The minimum atomic E-state index is 1.22. The fraction of sp³-hybridized carbons (Fsp3) is 0.700. The zero-order chi connectivity index (χ0) is 15.0. The van der Waals surface area contributed by atoms with Gasteiger partial charge in [0.25, 0.3) is 0 Å². The van der Waals surface area contributed by atoms with Crippen LogP contribution in [-0.4, -0.2) is 4.98 Å². The summed E-state index contributed by atoms with van der Waals surface area (Å²) in [5.74, 6) is 0. The Bertz CT molecular complexity index is 324. The highest BCUT2D eigenvalue weighted by Gasteiger charge is 1.93. The summed E-state index contributed by atoms with van der Waals surface area (Å²) in [6.45, 7) is 2.29. The Balaban J connectivity index is 1.75. The van der Waals surface area contributed by atoms with E-state index in [4.69, 9.17) is 0 Å². The normalized spacial score (nSPS) is 11.5. The molecule has 0 saturated heterocycles. The van der Waals surface area contributed by atoms with E-state index in [-0.39, 0.29) is 0 Å². The topological polar surface area (TPSA) is 15.8 Å². The van der Waals surface area contributed by atoms with Gasteiger partial charge in [-0.25, -0.2) is 0 Å². The second kappa shape index (κ2) is 14.0. The number of nitrogens with one attached hydrogen (secondary N) is 1. The van der Waals surface area contributed by atoms with E-state index in [1.54, 1.807) is 0 Å². The zero-order valence-electron chi connectivity index (χ0n) is 14.1. The molecule has 0 bridgehead atoms. The van der Waals surface area contributed by atoms with E-state index in [1.807, 2.05) is 12.3 Å². The van der Waals surface area contributed by atoms with E-state index < -0.39 is 0 Å². The molecule has 1 rings (SSSR count). The average molecular weight is 290 g/mol. The highest BCUT2D eigenvalue weighted by atomic mass is 14.7. The molecule has 0 aliphatic heterocycles. The van der Waals surface area contributed by atoms with Crippen LogP contribution >= 0.6 is 0 Å². The van der Waals surface area contributed by atoms with Gasteiger partial charge >= 0.3 is 0 Å². The van der Waals surface area contributed by atoms with Gasteiger partial charge in [-0.1, -0.05) is 83.6 Å². The van der Waals surface area contributed by atoms with E-state index >= 15 is 0 Å². The van der Waals surface area contributed by atoms with Crippen molar-refractivity contribution in [2.45, 2.75) is 90.4 Å². The van der Waals surface area contributed by atoms with Crippen LogP contribution in [-0.2, 0) is 0 Å². The molecule has 0 aliphatic rings. The maximum atomic E-state index is 3.20. The minimum absolute atomic E-state index is 1.22. The Labute approximate surface area is 132 Å². The van der Waals surface area contributed by atoms with Gasteiger partial charge in [0, 0.05) is 11.9 Å². The van der Waals surface area contributed by atoms with E-state index in [1.165, 1.54) is 89.2 Å². The van der Waals surface area contributed by atoms with Crippen molar-refractivity contribution in [1.82, 2.24) is 4.98 Å². The van der Waals surface area contributed by atoms with Gasteiger partial charge in [0.2, 0.25) is 0 Å². The molecule has 0 atom stereocenters. The summed E-state index contributed by atoms with van der Waals surface area (Å²) >= 11 is 0. The fourth-order valence-electron chi connectivity index (χ4n) is 2.76. The van der Waals surface area contributed by atoms with E-state index in [9.17, 15) is 0 Å².